The number of nitrogens with one attached hydrogen (secondary N) is 1. The van der Waals surface area contributed by atoms with E-state index in [0.29, 0.717) is 22.7 Å². The van der Waals surface area contributed by atoms with Crippen LogP contribution in [0.1, 0.15) is 6.42 Å². The SMILES string of the molecule is O=C1CC(=O)N(c2ccc(-n3ccnc3B(F)OF)cc2)c2ccc3ccccc3c2N1. The molecule has 0 saturated heterocycles. The predicted molar refractivity (Wildman–Crippen MR) is 117 cm³/mol. The molecule has 7 nitrogen and oxygen atoms in total. The highest BCUT2D eigenvalue weighted by atomic mass is 19.3. The van der Waals surface area contributed by atoms with Crippen molar-refractivity contribution in [3.63, 3.8) is 0 Å². The first-order valence-corrected chi connectivity index (χ1v) is 9.76. The molecule has 0 spiro atoms. The van der Waals surface area contributed by atoms with Gasteiger partial charge in [0.1, 0.15) is 6.42 Å². The quantitative estimate of drug-likeness (QED) is 0.395. The van der Waals surface area contributed by atoms with E-state index in [1.807, 2.05) is 30.3 Å². The van der Waals surface area contributed by atoms with Crippen LogP contribution in [0.2, 0.25) is 0 Å². The van der Waals surface area contributed by atoms with Gasteiger partial charge in [0.15, 0.2) is 5.72 Å². The van der Waals surface area contributed by atoms with E-state index in [2.05, 4.69) is 15.2 Å². The maximum atomic E-state index is 13.7. The van der Waals surface area contributed by atoms with Gasteiger partial charge in [-0.15, -0.1) is 0 Å². The second-order valence-corrected chi connectivity index (χ2v) is 7.21. The summed E-state index contributed by atoms with van der Waals surface area (Å²) in [6.45, 7) is 0. The summed E-state index contributed by atoms with van der Waals surface area (Å²) < 4.78 is 27.3. The fourth-order valence-corrected chi connectivity index (χ4v) is 3.90. The third-order valence-electron chi connectivity index (χ3n) is 5.31. The van der Waals surface area contributed by atoms with Gasteiger partial charge in [0.25, 0.3) is 0 Å². The van der Waals surface area contributed by atoms with Crippen molar-refractivity contribution in [2.45, 2.75) is 6.42 Å². The van der Waals surface area contributed by atoms with Crippen molar-refractivity contribution in [1.29, 1.82) is 0 Å². The monoisotopic (exact) mass is 432 g/mol. The van der Waals surface area contributed by atoms with Gasteiger partial charge >= 0.3 is 7.19 Å². The minimum Gasteiger partial charge on any atom is -0.323 e. The van der Waals surface area contributed by atoms with E-state index >= 15 is 0 Å². The molecule has 1 N–H and O–H groups in total. The lowest BCUT2D eigenvalue weighted by atomic mass is 9.94. The van der Waals surface area contributed by atoms with Crippen LogP contribution in [-0.2, 0) is 14.4 Å². The van der Waals surface area contributed by atoms with E-state index in [4.69, 9.17) is 0 Å². The lowest BCUT2D eigenvalue weighted by molar-refractivity contribution is -0.124. The number of anilines is 3. The number of aromatic nitrogens is 2. The summed E-state index contributed by atoms with van der Waals surface area (Å²) in [4.78, 5) is 33.8. The van der Waals surface area contributed by atoms with E-state index < -0.39 is 13.1 Å². The number of fused-ring (bicyclic) bond motifs is 3. The van der Waals surface area contributed by atoms with Crippen LogP contribution in [0.5, 0.6) is 0 Å². The van der Waals surface area contributed by atoms with Crippen molar-refractivity contribution in [2.24, 2.45) is 0 Å². The molecule has 3 aromatic carbocycles. The van der Waals surface area contributed by atoms with Gasteiger partial charge < -0.3 is 9.88 Å². The Kier molecular flexibility index (Phi) is 4.91. The Morgan fingerprint density at radius 1 is 1.00 bits per heavy atom. The molecule has 0 saturated carbocycles. The van der Waals surface area contributed by atoms with Crippen LogP contribution < -0.4 is 15.9 Å². The summed E-state index contributed by atoms with van der Waals surface area (Å²) in [5.41, 5.74) is 1.87. The number of imidazole rings is 1. The zero-order valence-electron chi connectivity index (χ0n) is 16.5. The molecule has 0 atom stereocenters. The lowest BCUT2D eigenvalue weighted by Gasteiger charge is -2.23. The number of nitrogens with zero attached hydrogens (tertiary/aromatic N) is 3. The standard InChI is InChI=1S/C22H15BF2N4O3/c24-23(32-25)22-26-11-12-28(22)15-6-8-16(9-7-15)29-18-10-5-14-3-1-2-4-17(14)21(18)27-19(30)13-20(29)31/h1-12H,13H2,(H,27,30). The van der Waals surface area contributed by atoms with Crippen LogP contribution in [0.3, 0.4) is 0 Å². The van der Waals surface area contributed by atoms with Crippen molar-refractivity contribution < 1.29 is 23.3 Å². The molecule has 0 bridgehead atoms. The van der Waals surface area contributed by atoms with Gasteiger partial charge in [-0.2, -0.15) is 0 Å². The number of benzene rings is 3. The highest BCUT2D eigenvalue weighted by molar-refractivity contribution is 6.58. The summed E-state index contributed by atoms with van der Waals surface area (Å²) >= 11 is 0. The molecule has 2 amide bonds. The Bertz CT molecular complexity index is 1340. The maximum Gasteiger partial charge on any atom is 0.605 e. The molecule has 1 aromatic heterocycles. The average Bonchev–Trinajstić information content (AvgIpc) is 3.25. The third-order valence-corrected chi connectivity index (χ3v) is 5.31. The van der Waals surface area contributed by atoms with E-state index in [1.54, 1.807) is 30.3 Å². The smallest absolute Gasteiger partial charge is 0.323 e. The highest BCUT2D eigenvalue weighted by Crippen LogP contribution is 2.40. The minimum absolute atomic E-state index is 0.252. The molecule has 2 heterocycles. The minimum atomic E-state index is -2.32. The first kappa shape index (κ1) is 19.9. The zero-order chi connectivity index (χ0) is 22.2. The number of rotatable bonds is 4. The van der Waals surface area contributed by atoms with Crippen LogP contribution >= 0.6 is 0 Å². The first-order valence-electron chi connectivity index (χ1n) is 9.76. The summed E-state index contributed by atoms with van der Waals surface area (Å²) in [7, 11) is -2.32. The van der Waals surface area contributed by atoms with E-state index in [9.17, 15) is 18.4 Å². The Balaban J connectivity index is 1.59. The summed E-state index contributed by atoms with van der Waals surface area (Å²) in [6, 6.07) is 17.8. The van der Waals surface area contributed by atoms with Crippen LogP contribution in [-0.4, -0.2) is 28.6 Å². The molecule has 5 rings (SSSR count). The average molecular weight is 432 g/mol. The predicted octanol–water partition coefficient (Wildman–Crippen LogP) is 3.60. The second kappa shape index (κ2) is 7.90. The second-order valence-electron chi connectivity index (χ2n) is 7.21. The van der Waals surface area contributed by atoms with E-state index in [1.165, 1.54) is 21.9 Å². The molecule has 158 valence electrons. The van der Waals surface area contributed by atoms with Crippen molar-refractivity contribution in [3.8, 4) is 5.69 Å². The molecule has 1 aliphatic heterocycles. The molecule has 0 radical (unpaired) electrons. The van der Waals surface area contributed by atoms with Gasteiger partial charge in [0.2, 0.25) is 11.8 Å². The molecule has 4 aromatic rings. The number of carbonyl (C=O) groups is 2. The van der Waals surface area contributed by atoms with Gasteiger partial charge in [-0.1, -0.05) is 34.9 Å². The molecule has 1 aliphatic rings. The van der Waals surface area contributed by atoms with Gasteiger partial charge in [0, 0.05) is 29.2 Å². The number of amides is 2. The summed E-state index contributed by atoms with van der Waals surface area (Å²) in [6.07, 6.45) is 2.48. The molecular formula is C22H15BF2N4O3. The molecule has 32 heavy (non-hydrogen) atoms. The number of halogens is 2. The van der Waals surface area contributed by atoms with Crippen LogP contribution in [0.25, 0.3) is 16.5 Å². The molecular weight excluding hydrogens is 417 g/mol. The van der Waals surface area contributed by atoms with Crippen LogP contribution in [0, 0.1) is 0 Å². The molecule has 0 unspecified atom stereocenters. The highest BCUT2D eigenvalue weighted by Gasteiger charge is 2.29. The van der Waals surface area contributed by atoms with Crippen LogP contribution in [0.15, 0.2) is 73.1 Å². The number of carbonyl (C=O) groups excluding carboxylic acids is 2. The summed E-state index contributed by atoms with van der Waals surface area (Å²) in [5, 5.41) is 4.60. The van der Waals surface area contributed by atoms with Crippen LogP contribution in [0.4, 0.5) is 25.9 Å². The Hall–Kier alpha value is -4.05. The van der Waals surface area contributed by atoms with Crippen molar-refractivity contribution in [3.05, 3.63) is 73.1 Å². The fourth-order valence-electron chi connectivity index (χ4n) is 3.90. The van der Waals surface area contributed by atoms with E-state index in [-0.39, 0.29) is 18.1 Å². The van der Waals surface area contributed by atoms with E-state index in [0.717, 1.165) is 10.8 Å². The zero-order valence-corrected chi connectivity index (χ0v) is 16.5. The van der Waals surface area contributed by atoms with Gasteiger partial charge in [0.05, 0.1) is 11.4 Å². The van der Waals surface area contributed by atoms with Gasteiger partial charge in [-0.3, -0.25) is 18.8 Å². The summed E-state index contributed by atoms with van der Waals surface area (Å²) in [5.74, 6) is -0.780. The Morgan fingerprint density at radius 3 is 2.53 bits per heavy atom. The fraction of sp³-hybridized carbons (Fsp3) is 0.0455. The lowest BCUT2D eigenvalue weighted by Crippen LogP contribution is -2.34. The normalized spacial score (nSPS) is 13.6. The molecule has 0 aliphatic carbocycles. The maximum absolute atomic E-state index is 13.7. The third kappa shape index (κ3) is 3.30. The number of hydrogen-bond donors (Lipinski definition) is 1. The van der Waals surface area contributed by atoms with Crippen molar-refractivity contribution in [1.82, 2.24) is 9.55 Å². The van der Waals surface area contributed by atoms with Crippen molar-refractivity contribution >= 4 is 52.6 Å². The number of hydrogen-bond acceptors (Lipinski definition) is 4. The first-order chi connectivity index (χ1) is 15.6. The van der Waals surface area contributed by atoms with Crippen molar-refractivity contribution in [2.75, 3.05) is 10.2 Å². The van der Waals surface area contributed by atoms with Gasteiger partial charge in [-0.25, -0.2) is 9.84 Å². The largest absolute Gasteiger partial charge is 0.605 e. The Morgan fingerprint density at radius 2 is 1.75 bits per heavy atom. The Labute approximate surface area is 181 Å². The molecule has 0 fully saturated rings. The van der Waals surface area contributed by atoms with Gasteiger partial charge in [-0.05, 0) is 35.7 Å². The molecule has 10 heteroatoms. The topological polar surface area (TPSA) is 76.5 Å².